The number of aliphatic hydroxyl groups is 2. The van der Waals surface area contributed by atoms with Crippen LogP contribution in [-0.2, 0) is 9.16 Å². The number of hydrogen-bond donors (Lipinski definition) is 2. The second-order valence-electron chi connectivity index (χ2n) is 12.0. The molecule has 8 heteroatoms. The Hall–Kier alpha value is -2.91. The summed E-state index contributed by atoms with van der Waals surface area (Å²) in [7, 11) is -2.22. The number of carbonyl (C=O) groups excluding carboxylic acids is 1. The summed E-state index contributed by atoms with van der Waals surface area (Å²) < 4.78 is 25.3. The Morgan fingerprint density at radius 1 is 1.07 bits per heavy atom. The summed E-state index contributed by atoms with van der Waals surface area (Å²) in [6, 6.07) is 15.2. The normalized spacial score (nSPS) is 26.7. The van der Waals surface area contributed by atoms with Gasteiger partial charge in [0, 0.05) is 17.4 Å². The number of benzene rings is 2. The van der Waals surface area contributed by atoms with E-state index in [0.717, 1.165) is 34.8 Å². The van der Waals surface area contributed by atoms with Gasteiger partial charge in [-0.3, -0.25) is 0 Å². The Labute approximate surface area is 243 Å². The Morgan fingerprint density at radius 3 is 2.37 bits per heavy atom. The number of hydrogen-bond acceptors (Lipinski definition) is 7. The minimum absolute atomic E-state index is 0.00385. The Bertz CT molecular complexity index is 1370. The average Bonchev–Trinajstić information content (AvgIpc) is 3.45. The second-order valence-corrected chi connectivity index (χ2v) is 16.8. The second kappa shape index (κ2) is 10.7. The highest BCUT2D eigenvalue weighted by Crippen LogP contribution is 2.62. The summed E-state index contributed by atoms with van der Waals surface area (Å²) in [4.78, 5) is 13.7. The first-order valence-electron chi connectivity index (χ1n) is 14.6. The number of fused-ring (bicyclic) bond motifs is 5. The lowest BCUT2D eigenvalue weighted by Gasteiger charge is -2.55. The Kier molecular flexibility index (Phi) is 7.74. The van der Waals surface area contributed by atoms with Crippen LogP contribution in [0.4, 0.5) is 0 Å². The molecule has 0 saturated heterocycles. The van der Waals surface area contributed by atoms with Crippen LogP contribution in [0.3, 0.4) is 0 Å². The van der Waals surface area contributed by atoms with Crippen molar-refractivity contribution >= 4 is 14.3 Å². The van der Waals surface area contributed by atoms with Gasteiger partial charge < -0.3 is 28.8 Å². The number of ether oxygens (including phenoxy) is 3. The third-order valence-corrected chi connectivity index (χ3v) is 14.5. The van der Waals surface area contributed by atoms with Crippen LogP contribution in [0.25, 0.3) is 0 Å². The molecule has 0 fully saturated rings. The van der Waals surface area contributed by atoms with E-state index in [1.807, 2.05) is 39.0 Å². The fourth-order valence-electron chi connectivity index (χ4n) is 7.02. The number of esters is 1. The van der Waals surface area contributed by atoms with Gasteiger partial charge in [0.1, 0.15) is 5.60 Å². The van der Waals surface area contributed by atoms with Crippen molar-refractivity contribution in [2.24, 2.45) is 5.41 Å². The molecule has 0 radical (unpaired) electrons. The van der Waals surface area contributed by atoms with E-state index in [4.69, 9.17) is 18.6 Å². The molecule has 2 N–H and O–H groups in total. The van der Waals surface area contributed by atoms with Crippen molar-refractivity contribution in [2.75, 3.05) is 6.79 Å². The molecule has 2 aromatic rings. The fraction of sp³-hybridized carbons (Fsp3) is 0.485. The molecule has 1 aliphatic heterocycles. The van der Waals surface area contributed by atoms with Crippen molar-refractivity contribution < 1.29 is 33.6 Å². The van der Waals surface area contributed by atoms with Crippen molar-refractivity contribution in [3.05, 3.63) is 82.5 Å². The molecular formula is C33H42O7Si. The molecule has 0 unspecified atom stereocenters. The first-order chi connectivity index (χ1) is 19.4. The van der Waals surface area contributed by atoms with E-state index in [1.165, 1.54) is 0 Å². The molecule has 0 saturated carbocycles. The topological polar surface area (TPSA) is 94.5 Å². The van der Waals surface area contributed by atoms with Gasteiger partial charge in [-0.15, -0.1) is 0 Å². The van der Waals surface area contributed by atoms with Gasteiger partial charge in [0.15, 0.2) is 25.9 Å². The minimum Gasteiger partial charge on any atom is -0.454 e. The van der Waals surface area contributed by atoms with E-state index in [9.17, 15) is 15.0 Å². The SMILES string of the molecule is C=C1C2=C(C)[C@@H](O)C[C@@](O)([C@@H](OC(=O)c3ccccc3)c3c(ccc4c3OCO4)[C@@H]1O[Si](CC)(CC)CC)C2(C)C. The van der Waals surface area contributed by atoms with Crippen LogP contribution in [-0.4, -0.2) is 43.0 Å². The zero-order valence-electron chi connectivity index (χ0n) is 25.0. The predicted molar refractivity (Wildman–Crippen MR) is 159 cm³/mol. The Morgan fingerprint density at radius 2 is 1.73 bits per heavy atom. The summed E-state index contributed by atoms with van der Waals surface area (Å²) in [6.07, 6.45) is -2.81. The quantitative estimate of drug-likeness (QED) is 0.276. The van der Waals surface area contributed by atoms with Crippen molar-refractivity contribution in [1.82, 2.24) is 0 Å². The Balaban J connectivity index is 1.82. The first-order valence-corrected chi connectivity index (χ1v) is 17.1. The molecule has 2 bridgehead atoms. The molecule has 7 nitrogen and oxygen atoms in total. The highest BCUT2D eigenvalue weighted by atomic mass is 28.4. The minimum atomic E-state index is -2.22. The van der Waals surface area contributed by atoms with Gasteiger partial charge in [-0.2, -0.15) is 0 Å². The molecule has 220 valence electrons. The van der Waals surface area contributed by atoms with Gasteiger partial charge in [0.05, 0.1) is 17.8 Å². The van der Waals surface area contributed by atoms with Gasteiger partial charge in [0.2, 0.25) is 6.79 Å². The lowest BCUT2D eigenvalue weighted by atomic mass is 9.55. The van der Waals surface area contributed by atoms with Crippen molar-refractivity contribution in [3.8, 4) is 11.5 Å². The van der Waals surface area contributed by atoms with Gasteiger partial charge in [-0.1, -0.05) is 65.5 Å². The molecule has 41 heavy (non-hydrogen) atoms. The summed E-state index contributed by atoms with van der Waals surface area (Å²) in [5.41, 5.74) is 1.08. The van der Waals surface area contributed by atoms with E-state index >= 15 is 0 Å². The van der Waals surface area contributed by atoms with E-state index in [0.29, 0.717) is 28.2 Å². The summed E-state index contributed by atoms with van der Waals surface area (Å²) >= 11 is 0. The number of aliphatic hydroxyl groups excluding tert-OH is 1. The van der Waals surface area contributed by atoms with E-state index in [-0.39, 0.29) is 13.2 Å². The molecule has 2 aliphatic carbocycles. The van der Waals surface area contributed by atoms with Crippen LogP contribution in [0.15, 0.2) is 65.8 Å². The van der Waals surface area contributed by atoms with Crippen LogP contribution in [0.5, 0.6) is 11.5 Å². The number of carbonyl (C=O) groups is 1. The zero-order valence-corrected chi connectivity index (χ0v) is 26.0. The van der Waals surface area contributed by atoms with Crippen LogP contribution in [0.1, 0.15) is 81.7 Å². The molecule has 5 rings (SSSR count). The maximum Gasteiger partial charge on any atom is 0.338 e. The standard InChI is InChI=1S/C33H42O7Si/c1-8-41(9-2,10-3)40-28-21(5)27-20(4)24(34)18-33(36,32(27,6)7)30(39-31(35)22-14-12-11-13-15-22)26-23(28)16-17-25-29(26)38-19-37-25/h11-17,24,28,30,34,36H,5,8-10,18-19H2,1-4,6-7H3/t24-,28+,30-,33+/m0/s1. The monoisotopic (exact) mass is 578 g/mol. The zero-order chi connectivity index (χ0) is 29.7. The van der Waals surface area contributed by atoms with Crippen molar-refractivity contribution in [2.45, 2.75) is 90.0 Å². The van der Waals surface area contributed by atoms with Gasteiger partial charge in [-0.25, -0.2) is 4.79 Å². The average molecular weight is 579 g/mol. The predicted octanol–water partition coefficient (Wildman–Crippen LogP) is 6.78. The first kappa shape index (κ1) is 29.6. The van der Waals surface area contributed by atoms with Gasteiger partial charge in [-0.05, 0) is 65.5 Å². The van der Waals surface area contributed by atoms with Crippen LogP contribution in [0, 0.1) is 5.41 Å². The molecule has 0 amide bonds. The third kappa shape index (κ3) is 4.56. The van der Waals surface area contributed by atoms with Gasteiger partial charge >= 0.3 is 5.97 Å². The lowest BCUT2D eigenvalue weighted by Crippen LogP contribution is -2.58. The van der Waals surface area contributed by atoms with Crippen LogP contribution < -0.4 is 9.47 Å². The van der Waals surface area contributed by atoms with Gasteiger partial charge in [0.25, 0.3) is 0 Å². The summed E-state index contributed by atoms with van der Waals surface area (Å²) in [5, 5.41) is 24.2. The smallest absolute Gasteiger partial charge is 0.338 e. The summed E-state index contributed by atoms with van der Waals surface area (Å²) in [6.45, 7) is 16.9. The molecular weight excluding hydrogens is 536 g/mol. The highest BCUT2D eigenvalue weighted by molar-refractivity contribution is 6.73. The van der Waals surface area contributed by atoms with Crippen LogP contribution in [0.2, 0.25) is 18.1 Å². The molecule has 0 spiro atoms. The van der Waals surface area contributed by atoms with E-state index in [2.05, 4.69) is 27.4 Å². The van der Waals surface area contributed by atoms with E-state index < -0.39 is 43.6 Å². The fourth-order valence-corrected chi connectivity index (χ4v) is 9.79. The number of rotatable bonds is 7. The summed E-state index contributed by atoms with van der Waals surface area (Å²) in [5.74, 6) is 0.338. The molecule has 2 aromatic carbocycles. The van der Waals surface area contributed by atoms with Crippen molar-refractivity contribution in [3.63, 3.8) is 0 Å². The lowest BCUT2D eigenvalue weighted by molar-refractivity contribution is -0.166. The largest absolute Gasteiger partial charge is 0.454 e. The molecule has 1 heterocycles. The maximum atomic E-state index is 13.7. The highest BCUT2D eigenvalue weighted by Gasteiger charge is 2.61. The maximum absolute atomic E-state index is 13.7. The molecule has 3 aliphatic rings. The molecule has 0 aromatic heterocycles. The van der Waals surface area contributed by atoms with Crippen molar-refractivity contribution in [1.29, 1.82) is 0 Å². The molecule has 4 atom stereocenters. The van der Waals surface area contributed by atoms with E-state index in [1.54, 1.807) is 24.3 Å². The van der Waals surface area contributed by atoms with Crippen LogP contribution >= 0.6 is 0 Å². The third-order valence-electron chi connectivity index (χ3n) is 9.87.